The van der Waals surface area contributed by atoms with Gasteiger partial charge in [0.2, 0.25) is 0 Å². The highest BCUT2D eigenvalue weighted by atomic mass is 35.5. The maximum Gasteiger partial charge on any atom is 0.142 e. The lowest BCUT2D eigenvalue weighted by Crippen LogP contribution is -1.99. The Hall–Kier alpha value is -2.46. The molecule has 110 valence electrons. The van der Waals surface area contributed by atoms with E-state index in [1.54, 1.807) is 18.6 Å². The van der Waals surface area contributed by atoms with Crippen LogP contribution in [0.15, 0.2) is 53.9 Å². The molecule has 0 radical (unpaired) electrons. The number of hydrogen-bond donors (Lipinski definition) is 0. The molecule has 0 unspecified atom stereocenters. The molecule has 0 aliphatic rings. The van der Waals surface area contributed by atoms with Crippen molar-refractivity contribution >= 4 is 34.4 Å². The number of aliphatic imine (C=N–C) groups is 1. The molecule has 0 saturated heterocycles. The smallest absolute Gasteiger partial charge is 0.142 e. The summed E-state index contributed by atoms with van der Waals surface area (Å²) in [4.78, 5) is 13.1. The van der Waals surface area contributed by atoms with E-state index in [0.29, 0.717) is 5.02 Å². The Bertz CT molecular complexity index is 860. The van der Waals surface area contributed by atoms with Gasteiger partial charge in [0.15, 0.2) is 0 Å². The van der Waals surface area contributed by atoms with Crippen LogP contribution >= 0.6 is 11.6 Å². The molecule has 5 heteroatoms. The van der Waals surface area contributed by atoms with Crippen molar-refractivity contribution in [2.24, 2.45) is 4.99 Å². The molecular weight excluding hydrogens is 296 g/mol. The second-order valence-corrected chi connectivity index (χ2v) is 5.27. The van der Waals surface area contributed by atoms with E-state index in [1.165, 1.54) is 0 Å². The van der Waals surface area contributed by atoms with Crippen molar-refractivity contribution in [3.63, 3.8) is 0 Å². The van der Waals surface area contributed by atoms with Crippen LogP contribution < -0.4 is 0 Å². The molecule has 0 saturated carbocycles. The lowest BCUT2D eigenvalue weighted by Gasteiger charge is -2.09. The minimum atomic E-state index is 0.704. The third-order valence-electron chi connectivity index (χ3n) is 3.31. The van der Waals surface area contributed by atoms with Crippen LogP contribution in [0.4, 0.5) is 0 Å². The largest absolute Gasteiger partial charge is 0.291 e. The summed E-state index contributed by atoms with van der Waals surface area (Å²) >= 11 is 5.99. The lowest BCUT2D eigenvalue weighted by atomic mass is 10.2. The van der Waals surface area contributed by atoms with E-state index in [-0.39, 0.29) is 0 Å². The van der Waals surface area contributed by atoms with Gasteiger partial charge >= 0.3 is 0 Å². The van der Waals surface area contributed by atoms with Crippen LogP contribution in [0.2, 0.25) is 5.02 Å². The third kappa shape index (κ3) is 2.65. The Labute approximate surface area is 133 Å². The zero-order chi connectivity index (χ0) is 15.5. The monoisotopic (exact) mass is 310 g/mol. The topological polar surface area (TPSA) is 43.1 Å². The second kappa shape index (κ2) is 6.12. The highest BCUT2D eigenvalue weighted by molar-refractivity contribution is 6.30. The Kier molecular flexibility index (Phi) is 4.02. The predicted molar refractivity (Wildman–Crippen MR) is 91.7 cm³/mol. The molecule has 0 fully saturated rings. The van der Waals surface area contributed by atoms with Crippen molar-refractivity contribution in [3.8, 4) is 5.69 Å². The van der Waals surface area contributed by atoms with Gasteiger partial charge in [-0.05, 0) is 44.2 Å². The molecule has 0 atom stereocenters. The number of nitrogens with zero attached hydrogens (tertiary/aromatic N) is 4. The number of rotatable bonds is 3. The van der Waals surface area contributed by atoms with Crippen LogP contribution in [0.25, 0.3) is 22.3 Å². The predicted octanol–water partition coefficient (Wildman–Crippen LogP) is 4.53. The van der Waals surface area contributed by atoms with Gasteiger partial charge in [-0.25, -0.2) is 4.98 Å². The summed E-state index contributed by atoms with van der Waals surface area (Å²) in [7, 11) is 0. The SMILES string of the molecule is C/C=N\C=C(/C)c1nc2ccncc2n1-c1ccc(Cl)cc1. The molecule has 0 aliphatic carbocycles. The number of hydrogen-bond acceptors (Lipinski definition) is 3. The molecule has 2 heterocycles. The fourth-order valence-corrected chi connectivity index (χ4v) is 2.41. The molecule has 0 bridgehead atoms. The van der Waals surface area contributed by atoms with Gasteiger partial charge in [0.25, 0.3) is 0 Å². The van der Waals surface area contributed by atoms with Crippen LogP contribution in [0.5, 0.6) is 0 Å². The number of imidazole rings is 1. The van der Waals surface area contributed by atoms with E-state index in [2.05, 4.69) is 14.5 Å². The van der Waals surface area contributed by atoms with Crippen LogP contribution in [-0.2, 0) is 0 Å². The summed E-state index contributed by atoms with van der Waals surface area (Å²) in [6.07, 6.45) is 7.12. The standard InChI is InChI=1S/C17H15ClN4/c1-3-19-10-12(2)17-21-15-8-9-20-11-16(15)22(17)14-6-4-13(18)5-7-14/h3-11H,1-2H3/b12-10+,19-3-. The summed E-state index contributed by atoms with van der Waals surface area (Å²) in [6, 6.07) is 9.58. The molecular formula is C17H15ClN4. The normalized spacial score (nSPS) is 12.4. The Balaban J connectivity index is 2.27. The first-order chi connectivity index (χ1) is 10.7. The maximum absolute atomic E-state index is 5.99. The first-order valence-electron chi connectivity index (χ1n) is 6.94. The lowest BCUT2D eigenvalue weighted by molar-refractivity contribution is 1.05. The van der Waals surface area contributed by atoms with Gasteiger partial charge in [0, 0.05) is 34.9 Å². The summed E-state index contributed by atoms with van der Waals surface area (Å²) in [5.74, 6) is 0.843. The fraction of sp³-hybridized carbons (Fsp3) is 0.118. The number of pyridine rings is 1. The van der Waals surface area contributed by atoms with Crippen molar-refractivity contribution in [1.82, 2.24) is 14.5 Å². The van der Waals surface area contributed by atoms with Gasteiger partial charge in [-0.2, -0.15) is 0 Å². The van der Waals surface area contributed by atoms with Crippen molar-refractivity contribution in [2.45, 2.75) is 13.8 Å². The van der Waals surface area contributed by atoms with Crippen molar-refractivity contribution < 1.29 is 0 Å². The molecule has 0 spiro atoms. The average molecular weight is 311 g/mol. The molecule has 0 amide bonds. The minimum absolute atomic E-state index is 0.704. The van der Waals surface area contributed by atoms with Gasteiger partial charge in [0.1, 0.15) is 5.82 Å². The zero-order valence-corrected chi connectivity index (χ0v) is 13.1. The Morgan fingerprint density at radius 2 is 2.00 bits per heavy atom. The highest BCUT2D eigenvalue weighted by Gasteiger charge is 2.13. The van der Waals surface area contributed by atoms with Gasteiger partial charge in [-0.3, -0.25) is 14.5 Å². The molecule has 3 rings (SSSR count). The number of halogens is 1. The van der Waals surface area contributed by atoms with E-state index >= 15 is 0 Å². The zero-order valence-electron chi connectivity index (χ0n) is 12.4. The molecule has 0 aliphatic heterocycles. The molecule has 2 aromatic heterocycles. The molecule has 4 nitrogen and oxygen atoms in total. The summed E-state index contributed by atoms with van der Waals surface area (Å²) in [5.41, 5.74) is 3.81. The van der Waals surface area contributed by atoms with Crippen LogP contribution in [0.1, 0.15) is 19.7 Å². The van der Waals surface area contributed by atoms with Crippen LogP contribution in [-0.4, -0.2) is 20.7 Å². The van der Waals surface area contributed by atoms with Gasteiger partial charge in [0.05, 0.1) is 17.2 Å². The Morgan fingerprint density at radius 1 is 1.23 bits per heavy atom. The van der Waals surface area contributed by atoms with Crippen molar-refractivity contribution in [2.75, 3.05) is 0 Å². The first-order valence-corrected chi connectivity index (χ1v) is 7.32. The van der Waals surface area contributed by atoms with Gasteiger partial charge < -0.3 is 0 Å². The quantitative estimate of drug-likeness (QED) is 0.667. The summed E-state index contributed by atoms with van der Waals surface area (Å²) < 4.78 is 2.07. The number of benzene rings is 1. The van der Waals surface area contributed by atoms with E-state index in [4.69, 9.17) is 16.6 Å². The van der Waals surface area contributed by atoms with E-state index in [9.17, 15) is 0 Å². The fourth-order valence-electron chi connectivity index (χ4n) is 2.28. The van der Waals surface area contributed by atoms with E-state index < -0.39 is 0 Å². The maximum atomic E-state index is 5.99. The number of aromatic nitrogens is 3. The number of allylic oxidation sites excluding steroid dienone is 1. The summed E-state index contributed by atoms with van der Waals surface area (Å²) in [5, 5.41) is 0.704. The van der Waals surface area contributed by atoms with E-state index in [1.807, 2.05) is 50.4 Å². The average Bonchev–Trinajstić information content (AvgIpc) is 2.93. The molecule has 1 aromatic carbocycles. The van der Waals surface area contributed by atoms with Gasteiger partial charge in [-0.1, -0.05) is 11.6 Å². The van der Waals surface area contributed by atoms with Crippen molar-refractivity contribution in [3.05, 3.63) is 59.8 Å². The van der Waals surface area contributed by atoms with Crippen molar-refractivity contribution in [1.29, 1.82) is 0 Å². The highest BCUT2D eigenvalue weighted by Crippen LogP contribution is 2.26. The molecule has 22 heavy (non-hydrogen) atoms. The van der Waals surface area contributed by atoms with Gasteiger partial charge in [-0.15, -0.1) is 0 Å². The minimum Gasteiger partial charge on any atom is -0.291 e. The third-order valence-corrected chi connectivity index (χ3v) is 3.56. The molecule has 3 aromatic rings. The van der Waals surface area contributed by atoms with Crippen LogP contribution in [0, 0.1) is 0 Å². The summed E-state index contributed by atoms with van der Waals surface area (Å²) in [6.45, 7) is 3.88. The number of fused-ring (bicyclic) bond motifs is 1. The molecule has 0 N–H and O–H groups in total. The van der Waals surface area contributed by atoms with E-state index in [0.717, 1.165) is 28.1 Å². The second-order valence-electron chi connectivity index (χ2n) is 4.83. The first kappa shape index (κ1) is 14.5. The Morgan fingerprint density at radius 3 is 2.73 bits per heavy atom. The van der Waals surface area contributed by atoms with Crippen LogP contribution in [0.3, 0.4) is 0 Å².